The highest BCUT2D eigenvalue weighted by molar-refractivity contribution is 5.71. The van der Waals surface area contributed by atoms with Crippen molar-refractivity contribution in [1.82, 2.24) is 0 Å². The first kappa shape index (κ1) is 65.4. The smallest absolute Gasteiger partial charge is 0.306 e. The number of rotatable bonds is 56. The predicted molar refractivity (Wildman–Crippen MR) is 289 cm³/mol. The normalized spacial score (nSPS) is 12.0. The van der Waals surface area contributed by atoms with Gasteiger partial charge in [-0.2, -0.15) is 0 Å². The topological polar surface area (TPSA) is 78.9 Å². The van der Waals surface area contributed by atoms with Crippen LogP contribution in [0.5, 0.6) is 0 Å². The third kappa shape index (κ3) is 55.2. The van der Waals surface area contributed by atoms with E-state index in [1.807, 2.05) is 0 Å². The van der Waals surface area contributed by atoms with Gasteiger partial charge in [-0.1, -0.05) is 310 Å². The van der Waals surface area contributed by atoms with E-state index in [9.17, 15) is 14.4 Å². The average Bonchev–Trinajstić information content (AvgIpc) is 3.31. The van der Waals surface area contributed by atoms with Crippen molar-refractivity contribution in [2.75, 3.05) is 13.2 Å². The minimum absolute atomic E-state index is 0.0615. The molecule has 0 aromatic carbocycles. The molecule has 398 valence electrons. The molecular weight excluding hydrogens is 829 g/mol. The summed E-state index contributed by atoms with van der Waals surface area (Å²) in [4.78, 5) is 38.2. The minimum atomic E-state index is -0.762. The third-order valence-electron chi connectivity index (χ3n) is 14.0. The highest BCUT2D eigenvalue weighted by Crippen LogP contribution is 2.18. The van der Waals surface area contributed by atoms with E-state index in [0.29, 0.717) is 19.3 Å². The Bertz CT molecular complexity index is 1010. The van der Waals surface area contributed by atoms with Gasteiger partial charge in [-0.3, -0.25) is 14.4 Å². The molecule has 6 heteroatoms. The van der Waals surface area contributed by atoms with E-state index in [1.54, 1.807) is 0 Å². The Hall–Kier alpha value is -1.59. The Morgan fingerprint density at radius 3 is 0.731 bits per heavy atom. The van der Waals surface area contributed by atoms with E-state index in [0.717, 1.165) is 63.7 Å². The van der Waals surface area contributed by atoms with Gasteiger partial charge in [0.05, 0.1) is 0 Å². The monoisotopic (exact) mass is 947 g/mol. The summed E-state index contributed by atoms with van der Waals surface area (Å²) in [5.41, 5.74) is 0. The Labute approximate surface area is 418 Å². The summed E-state index contributed by atoms with van der Waals surface area (Å²) in [6.45, 7) is 9.07. The van der Waals surface area contributed by atoms with Gasteiger partial charge in [0.25, 0.3) is 0 Å². The fourth-order valence-electron chi connectivity index (χ4n) is 9.46. The van der Waals surface area contributed by atoms with Gasteiger partial charge in [-0.15, -0.1) is 0 Å². The highest BCUT2D eigenvalue weighted by Gasteiger charge is 2.19. The van der Waals surface area contributed by atoms with Gasteiger partial charge in [0.1, 0.15) is 13.2 Å². The number of carbonyl (C=O) groups is 3. The molecule has 0 heterocycles. The van der Waals surface area contributed by atoms with E-state index >= 15 is 0 Å². The van der Waals surface area contributed by atoms with Gasteiger partial charge < -0.3 is 14.2 Å². The van der Waals surface area contributed by atoms with Crippen LogP contribution in [0.3, 0.4) is 0 Å². The van der Waals surface area contributed by atoms with Crippen molar-refractivity contribution >= 4 is 17.9 Å². The first-order chi connectivity index (χ1) is 32.9. The summed E-state index contributed by atoms with van der Waals surface area (Å²) < 4.78 is 16.9. The van der Waals surface area contributed by atoms with E-state index < -0.39 is 6.10 Å². The molecule has 0 saturated carbocycles. The van der Waals surface area contributed by atoms with Gasteiger partial charge in [-0.25, -0.2) is 0 Å². The quantitative estimate of drug-likeness (QED) is 0.0343. The van der Waals surface area contributed by atoms with Gasteiger partial charge in [0.2, 0.25) is 0 Å². The van der Waals surface area contributed by atoms with E-state index in [1.165, 1.54) is 244 Å². The number of hydrogen-bond donors (Lipinski definition) is 0. The minimum Gasteiger partial charge on any atom is -0.462 e. The molecule has 0 N–H and O–H groups in total. The van der Waals surface area contributed by atoms with Crippen molar-refractivity contribution in [3.05, 3.63) is 0 Å². The Kier molecular flexibility index (Phi) is 54.0. The second-order valence-electron chi connectivity index (χ2n) is 21.5. The second kappa shape index (κ2) is 55.3. The van der Waals surface area contributed by atoms with Crippen molar-refractivity contribution in [2.24, 2.45) is 5.92 Å². The van der Waals surface area contributed by atoms with Crippen LogP contribution in [0.1, 0.15) is 349 Å². The molecule has 67 heavy (non-hydrogen) atoms. The van der Waals surface area contributed by atoms with Gasteiger partial charge in [-0.05, 0) is 25.2 Å². The lowest BCUT2D eigenvalue weighted by molar-refractivity contribution is -0.167. The standard InChI is InChI=1S/C61H118O6/c1-5-7-9-11-13-15-17-19-21-22-23-24-26-27-32-36-40-44-48-52-59(62)65-55-58(67-61(64)54-50-46-42-38-34-28-25-20-18-16-14-12-10-8-6-2)56-66-60(63)53-49-45-41-37-33-30-29-31-35-39-43-47-51-57(3)4/h57-58H,5-56H2,1-4H3/t58-/m0/s1. The van der Waals surface area contributed by atoms with Crippen LogP contribution in [0.2, 0.25) is 0 Å². The zero-order valence-electron chi connectivity index (χ0n) is 45.9. The number of esters is 3. The molecular formula is C61H118O6. The zero-order chi connectivity index (χ0) is 48.8. The molecule has 0 spiro atoms. The summed E-state index contributed by atoms with van der Waals surface area (Å²) in [5, 5.41) is 0. The SMILES string of the molecule is CCCCCCCCCCCCCCCCCCCCCC(=O)OC[C@@H](COC(=O)CCCCCCCCCCCCCCC(C)C)OC(=O)CCCCCCCCCCCCCCCCC. The fraction of sp³-hybridized carbons (Fsp3) is 0.951. The van der Waals surface area contributed by atoms with Crippen molar-refractivity contribution in [3.63, 3.8) is 0 Å². The molecule has 1 atom stereocenters. The van der Waals surface area contributed by atoms with Crippen molar-refractivity contribution < 1.29 is 28.6 Å². The number of hydrogen-bond acceptors (Lipinski definition) is 6. The second-order valence-corrected chi connectivity index (χ2v) is 21.5. The fourth-order valence-corrected chi connectivity index (χ4v) is 9.46. The van der Waals surface area contributed by atoms with Crippen molar-refractivity contribution in [3.8, 4) is 0 Å². The Morgan fingerprint density at radius 2 is 0.493 bits per heavy atom. The third-order valence-corrected chi connectivity index (χ3v) is 14.0. The molecule has 0 unspecified atom stereocenters. The first-order valence-electron chi connectivity index (χ1n) is 30.4. The summed E-state index contributed by atoms with van der Waals surface area (Å²) in [6.07, 6.45) is 61.0. The molecule has 6 nitrogen and oxygen atoms in total. The van der Waals surface area contributed by atoms with Crippen LogP contribution in [-0.2, 0) is 28.6 Å². The average molecular weight is 948 g/mol. The predicted octanol–water partition coefficient (Wildman–Crippen LogP) is 20.2. The number of ether oxygens (including phenoxy) is 3. The van der Waals surface area contributed by atoms with Gasteiger partial charge >= 0.3 is 17.9 Å². The molecule has 0 rings (SSSR count). The molecule has 0 saturated heterocycles. The summed E-state index contributed by atoms with van der Waals surface area (Å²) in [7, 11) is 0. The van der Waals surface area contributed by atoms with E-state index in [4.69, 9.17) is 14.2 Å². The number of unbranched alkanes of at least 4 members (excludes halogenated alkanes) is 43. The largest absolute Gasteiger partial charge is 0.462 e. The molecule has 0 aromatic rings. The molecule has 0 aliphatic rings. The van der Waals surface area contributed by atoms with E-state index in [-0.39, 0.29) is 31.1 Å². The van der Waals surface area contributed by atoms with Gasteiger partial charge in [0, 0.05) is 19.3 Å². The highest BCUT2D eigenvalue weighted by atomic mass is 16.6. The van der Waals surface area contributed by atoms with Crippen LogP contribution in [-0.4, -0.2) is 37.2 Å². The zero-order valence-corrected chi connectivity index (χ0v) is 45.9. The Morgan fingerprint density at radius 1 is 0.284 bits per heavy atom. The van der Waals surface area contributed by atoms with Crippen LogP contribution in [0.15, 0.2) is 0 Å². The lowest BCUT2D eigenvalue weighted by Crippen LogP contribution is -2.30. The first-order valence-corrected chi connectivity index (χ1v) is 30.4. The lowest BCUT2D eigenvalue weighted by Gasteiger charge is -2.18. The molecule has 0 aliphatic heterocycles. The summed E-state index contributed by atoms with van der Waals surface area (Å²) in [5.74, 6) is 0.00189. The van der Waals surface area contributed by atoms with Crippen LogP contribution in [0.25, 0.3) is 0 Å². The summed E-state index contributed by atoms with van der Waals surface area (Å²) >= 11 is 0. The molecule has 0 aromatic heterocycles. The van der Waals surface area contributed by atoms with Crippen LogP contribution < -0.4 is 0 Å². The van der Waals surface area contributed by atoms with Crippen molar-refractivity contribution in [1.29, 1.82) is 0 Å². The molecule has 0 bridgehead atoms. The molecule has 0 amide bonds. The maximum atomic E-state index is 12.9. The van der Waals surface area contributed by atoms with Crippen LogP contribution in [0, 0.1) is 5.92 Å². The molecule has 0 fully saturated rings. The lowest BCUT2D eigenvalue weighted by atomic mass is 10.0. The maximum Gasteiger partial charge on any atom is 0.306 e. The summed E-state index contributed by atoms with van der Waals surface area (Å²) in [6, 6.07) is 0. The molecule has 0 aliphatic carbocycles. The Balaban J connectivity index is 4.27. The van der Waals surface area contributed by atoms with Crippen molar-refractivity contribution in [2.45, 2.75) is 355 Å². The number of carbonyl (C=O) groups excluding carboxylic acids is 3. The van der Waals surface area contributed by atoms with Crippen LogP contribution in [0.4, 0.5) is 0 Å². The van der Waals surface area contributed by atoms with E-state index in [2.05, 4.69) is 27.7 Å². The van der Waals surface area contributed by atoms with Gasteiger partial charge in [0.15, 0.2) is 6.10 Å². The molecule has 0 radical (unpaired) electrons. The van der Waals surface area contributed by atoms with Crippen LogP contribution >= 0.6 is 0 Å². The maximum absolute atomic E-state index is 12.9.